The Morgan fingerprint density at radius 2 is 1.90 bits per heavy atom. The minimum Gasteiger partial charge on any atom is -0.497 e. The fourth-order valence-electron chi connectivity index (χ4n) is 1.98. The Bertz CT molecular complexity index is 580. The lowest BCUT2D eigenvalue weighted by molar-refractivity contribution is -0.126. The summed E-state index contributed by atoms with van der Waals surface area (Å²) in [7, 11) is 1.55. The van der Waals surface area contributed by atoms with Crippen LogP contribution in [0.15, 0.2) is 24.3 Å². The molecular formula is C14H17N3O4. The number of carbonyl (C=O) groups excluding carboxylic acids is 3. The highest BCUT2D eigenvalue weighted by Crippen LogP contribution is 2.21. The van der Waals surface area contributed by atoms with Gasteiger partial charge < -0.3 is 15.0 Å². The van der Waals surface area contributed by atoms with Crippen LogP contribution in [0.25, 0.3) is 0 Å². The van der Waals surface area contributed by atoms with Gasteiger partial charge in [0.2, 0.25) is 5.91 Å². The molecule has 1 fully saturated rings. The number of benzene rings is 1. The predicted molar refractivity (Wildman–Crippen MR) is 75.9 cm³/mol. The molecule has 2 rings (SSSR count). The minimum atomic E-state index is -1.03. The van der Waals surface area contributed by atoms with Crippen LogP contribution in [0.5, 0.6) is 5.75 Å². The maximum atomic E-state index is 12.0. The number of anilines is 1. The summed E-state index contributed by atoms with van der Waals surface area (Å²) in [5.41, 5.74) is -0.446. The Kier molecular flexibility index (Phi) is 3.84. The van der Waals surface area contributed by atoms with Crippen LogP contribution in [-0.4, -0.2) is 41.9 Å². The molecule has 21 heavy (non-hydrogen) atoms. The van der Waals surface area contributed by atoms with Crippen LogP contribution in [-0.2, 0) is 9.59 Å². The highest BCUT2D eigenvalue weighted by atomic mass is 16.5. The van der Waals surface area contributed by atoms with Crippen LogP contribution < -0.4 is 15.4 Å². The Labute approximate surface area is 122 Å². The van der Waals surface area contributed by atoms with E-state index in [4.69, 9.17) is 4.74 Å². The minimum absolute atomic E-state index is 0.198. The highest BCUT2D eigenvalue weighted by molar-refractivity contribution is 6.08. The van der Waals surface area contributed by atoms with E-state index in [1.165, 1.54) is 4.90 Å². The van der Waals surface area contributed by atoms with Crippen molar-refractivity contribution >= 4 is 23.5 Å². The molecule has 0 spiro atoms. The van der Waals surface area contributed by atoms with Crippen LogP contribution in [0.2, 0.25) is 0 Å². The van der Waals surface area contributed by atoms with Crippen molar-refractivity contribution in [3.8, 4) is 5.75 Å². The number of imide groups is 1. The van der Waals surface area contributed by atoms with E-state index in [1.807, 2.05) is 0 Å². The van der Waals surface area contributed by atoms with Crippen molar-refractivity contribution in [3.63, 3.8) is 0 Å². The van der Waals surface area contributed by atoms with Crippen molar-refractivity contribution in [3.05, 3.63) is 24.3 Å². The fraction of sp³-hybridized carbons (Fsp3) is 0.357. The van der Waals surface area contributed by atoms with Gasteiger partial charge in [-0.05, 0) is 38.1 Å². The number of carbonyl (C=O) groups is 3. The Morgan fingerprint density at radius 3 is 2.38 bits per heavy atom. The monoisotopic (exact) mass is 291 g/mol. The lowest BCUT2D eigenvalue weighted by Gasteiger charge is -2.27. The number of methoxy groups -OCH3 is 1. The van der Waals surface area contributed by atoms with Crippen LogP contribution in [0.1, 0.15) is 13.8 Å². The summed E-state index contributed by atoms with van der Waals surface area (Å²) in [4.78, 5) is 36.5. The quantitative estimate of drug-likeness (QED) is 0.809. The van der Waals surface area contributed by atoms with Crippen molar-refractivity contribution in [2.24, 2.45) is 0 Å². The van der Waals surface area contributed by atoms with Gasteiger partial charge in [0, 0.05) is 5.69 Å². The van der Waals surface area contributed by atoms with Crippen molar-refractivity contribution in [1.29, 1.82) is 0 Å². The average Bonchev–Trinajstić information content (AvgIpc) is 2.62. The van der Waals surface area contributed by atoms with Crippen molar-refractivity contribution in [2.45, 2.75) is 19.4 Å². The van der Waals surface area contributed by atoms with E-state index in [9.17, 15) is 14.4 Å². The van der Waals surface area contributed by atoms with Crippen LogP contribution in [0.4, 0.5) is 10.5 Å². The van der Waals surface area contributed by atoms with E-state index in [0.29, 0.717) is 11.4 Å². The van der Waals surface area contributed by atoms with E-state index in [1.54, 1.807) is 45.2 Å². The summed E-state index contributed by atoms with van der Waals surface area (Å²) in [6, 6.07) is 6.25. The van der Waals surface area contributed by atoms with Gasteiger partial charge in [0.15, 0.2) is 0 Å². The average molecular weight is 291 g/mol. The van der Waals surface area contributed by atoms with Gasteiger partial charge in [-0.1, -0.05) is 0 Å². The molecule has 7 heteroatoms. The van der Waals surface area contributed by atoms with Gasteiger partial charge in [-0.15, -0.1) is 0 Å². The topological polar surface area (TPSA) is 87.7 Å². The second kappa shape index (κ2) is 5.43. The maximum Gasteiger partial charge on any atom is 0.325 e. The van der Waals surface area contributed by atoms with Gasteiger partial charge in [-0.2, -0.15) is 0 Å². The molecule has 7 nitrogen and oxygen atoms in total. The predicted octanol–water partition coefficient (Wildman–Crippen LogP) is 0.964. The zero-order valence-electron chi connectivity index (χ0n) is 12.1. The number of nitrogens with one attached hydrogen (secondary N) is 2. The standard InChI is InChI=1S/C14H17N3O4/c1-14(2)12(19)16-13(20)17(14)8-11(18)15-9-4-6-10(21-3)7-5-9/h4-7H,8H2,1-3H3,(H,15,18)(H,16,19,20). The molecule has 1 aliphatic heterocycles. The molecule has 2 N–H and O–H groups in total. The molecule has 112 valence electrons. The summed E-state index contributed by atoms with van der Waals surface area (Å²) in [5, 5.41) is 4.86. The SMILES string of the molecule is COc1ccc(NC(=O)CN2C(=O)NC(=O)C2(C)C)cc1. The molecule has 1 saturated heterocycles. The summed E-state index contributed by atoms with van der Waals surface area (Å²) in [6.07, 6.45) is 0. The first-order valence-corrected chi connectivity index (χ1v) is 6.41. The molecule has 0 aromatic heterocycles. The zero-order chi connectivity index (χ0) is 15.6. The summed E-state index contributed by atoms with van der Waals surface area (Å²) in [6.45, 7) is 2.98. The molecule has 0 radical (unpaired) electrons. The van der Waals surface area contributed by atoms with Crippen LogP contribution in [0.3, 0.4) is 0 Å². The molecule has 0 saturated carbocycles. The Hall–Kier alpha value is -2.57. The molecule has 0 atom stereocenters. The Morgan fingerprint density at radius 1 is 1.29 bits per heavy atom. The number of hydrogen-bond donors (Lipinski definition) is 2. The van der Waals surface area contributed by atoms with Gasteiger partial charge in [0.1, 0.15) is 17.8 Å². The summed E-state index contributed by atoms with van der Waals surface area (Å²) >= 11 is 0. The molecule has 1 aromatic carbocycles. The Balaban J connectivity index is 2.01. The van der Waals surface area contributed by atoms with Gasteiger partial charge in [-0.25, -0.2) is 4.79 Å². The lowest BCUT2D eigenvalue weighted by atomic mass is 10.0. The molecule has 0 unspecified atom stereocenters. The summed E-state index contributed by atoms with van der Waals surface area (Å²) in [5.74, 6) is -0.110. The van der Waals surface area contributed by atoms with E-state index in [0.717, 1.165) is 0 Å². The van der Waals surface area contributed by atoms with Crippen molar-refractivity contribution < 1.29 is 19.1 Å². The first-order chi connectivity index (χ1) is 9.84. The fourth-order valence-corrected chi connectivity index (χ4v) is 1.98. The number of rotatable bonds is 4. The molecule has 1 heterocycles. The number of ether oxygens (including phenoxy) is 1. The van der Waals surface area contributed by atoms with E-state index in [-0.39, 0.29) is 12.5 Å². The van der Waals surface area contributed by atoms with Gasteiger partial charge in [-0.3, -0.25) is 14.9 Å². The maximum absolute atomic E-state index is 12.0. The molecular weight excluding hydrogens is 274 g/mol. The number of urea groups is 1. The third-order valence-electron chi connectivity index (χ3n) is 3.37. The second-order valence-corrected chi connectivity index (χ2v) is 5.18. The number of hydrogen-bond acceptors (Lipinski definition) is 4. The van der Waals surface area contributed by atoms with Crippen molar-refractivity contribution in [2.75, 3.05) is 19.0 Å². The number of amides is 4. The molecule has 1 aromatic rings. The molecule has 1 aliphatic rings. The highest BCUT2D eigenvalue weighted by Gasteiger charge is 2.46. The van der Waals surface area contributed by atoms with E-state index < -0.39 is 17.5 Å². The van der Waals surface area contributed by atoms with Crippen LogP contribution in [0, 0.1) is 0 Å². The normalized spacial score (nSPS) is 16.6. The van der Waals surface area contributed by atoms with Crippen molar-refractivity contribution in [1.82, 2.24) is 10.2 Å². The van der Waals surface area contributed by atoms with E-state index in [2.05, 4.69) is 10.6 Å². The third-order valence-corrected chi connectivity index (χ3v) is 3.37. The largest absolute Gasteiger partial charge is 0.497 e. The van der Waals surface area contributed by atoms with Crippen LogP contribution >= 0.6 is 0 Å². The first-order valence-electron chi connectivity index (χ1n) is 6.41. The molecule has 4 amide bonds. The van der Waals surface area contributed by atoms with Gasteiger partial charge >= 0.3 is 6.03 Å². The van der Waals surface area contributed by atoms with Gasteiger partial charge in [0.25, 0.3) is 5.91 Å². The smallest absolute Gasteiger partial charge is 0.325 e. The number of nitrogens with zero attached hydrogens (tertiary/aromatic N) is 1. The molecule has 0 bridgehead atoms. The van der Waals surface area contributed by atoms with E-state index >= 15 is 0 Å². The zero-order valence-corrected chi connectivity index (χ0v) is 12.1. The first kappa shape index (κ1) is 14.8. The molecule has 0 aliphatic carbocycles. The third kappa shape index (κ3) is 2.96. The lowest BCUT2D eigenvalue weighted by Crippen LogP contribution is -2.47. The van der Waals surface area contributed by atoms with Gasteiger partial charge in [0.05, 0.1) is 7.11 Å². The second-order valence-electron chi connectivity index (χ2n) is 5.18. The summed E-state index contributed by atoms with van der Waals surface area (Å²) < 4.78 is 5.02.